The van der Waals surface area contributed by atoms with Crippen molar-refractivity contribution in [2.24, 2.45) is 0 Å². The van der Waals surface area contributed by atoms with Gasteiger partial charge in [0.05, 0.1) is 6.20 Å². The average molecular weight is 325 g/mol. The molecule has 0 radical (unpaired) electrons. The molecular weight excluding hydrogens is 302 g/mol. The summed E-state index contributed by atoms with van der Waals surface area (Å²) in [5.74, 6) is 0.580. The number of carbonyl (C=O) groups is 1. The number of carbonyl (C=O) groups excluding carboxylic acids is 1. The molecule has 1 aliphatic carbocycles. The highest BCUT2D eigenvalue weighted by molar-refractivity contribution is 5.94. The molecule has 24 heavy (non-hydrogen) atoms. The fraction of sp³-hybridized carbons (Fsp3) is 0.421. The lowest BCUT2D eigenvalue weighted by Gasteiger charge is -2.29. The Morgan fingerprint density at radius 2 is 1.92 bits per heavy atom. The second-order valence-electron chi connectivity index (χ2n) is 6.41. The Balaban J connectivity index is 1.50. The van der Waals surface area contributed by atoms with Gasteiger partial charge in [0, 0.05) is 24.0 Å². The molecular formula is C19H23N3O2. The first-order valence-corrected chi connectivity index (χ1v) is 8.42. The molecule has 2 aromatic rings. The zero-order valence-electron chi connectivity index (χ0n) is 14.2. The van der Waals surface area contributed by atoms with Gasteiger partial charge in [-0.2, -0.15) is 0 Å². The van der Waals surface area contributed by atoms with Gasteiger partial charge >= 0.3 is 0 Å². The highest BCUT2D eigenvalue weighted by Crippen LogP contribution is 2.23. The van der Waals surface area contributed by atoms with E-state index in [-0.39, 0.29) is 18.1 Å². The van der Waals surface area contributed by atoms with E-state index in [1.54, 1.807) is 18.6 Å². The second kappa shape index (κ2) is 7.43. The predicted octanol–water partition coefficient (Wildman–Crippen LogP) is 3.21. The molecule has 5 nitrogen and oxygen atoms in total. The maximum Gasteiger partial charge on any atom is 0.251 e. The normalized spacial score (nSPS) is 20.4. The van der Waals surface area contributed by atoms with Crippen LogP contribution in [-0.2, 0) is 0 Å². The molecule has 0 bridgehead atoms. The molecule has 3 rings (SSSR count). The third kappa shape index (κ3) is 4.10. The van der Waals surface area contributed by atoms with Crippen LogP contribution in [0.5, 0.6) is 5.88 Å². The summed E-state index contributed by atoms with van der Waals surface area (Å²) in [4.78, 5) is 20.5. The summed E-state index contributed by atoms with van der Waals surface area (Å²) in [7, 11) is 0. The first-order valence-electron chi connectivity index (χ1n) is 8.42. The van der Waals surface area contributed by atoms with Gasteiger partial charge in [-0.15, -0.1) is 0 Å². The van der Waals surface area contributed by atoms with Gasteiger partial charge in [0.2, 0.25) is 5.88 Å². The van der Waals surface area contributed by atoms with Crippen molar-refractivity contribution in [1.82, 2.24) is 15.3 Å². The van der Waals surface area contributed by atoms with Crippen LogP contribution in [-0.4, -0.2) is 28.0 Å². The minimum absolute atomic E-state index is 0.0106. The van der Waals surface area contributed by atoms with Crippen molar-refractivity contribution in [3.63, 3.8) is 0 Å². The van der Waals surface area contributed by atoms with Crippen LogP contribution in [0.3, 0.4) is 0 Å². The zero-order chi connectivity index (χ0) is 16.9. The highest BCUT2D eigenvalue weighted by Gasteiger charge is 2.24. The Labute approximate surface area is 142 Å². The molecule has 1 aromatic heterocycles. The zero-order valence-corrected chi connectivity index (χ0v) is 14.2. The van der Waals surface area contributed by atoms with E-state index in [0.29, 0.717) is 5.88 Å². The number of amides is 1. The molecule has 0 unspecified atom stereocenters. The Bertz CT molecular complexity index is 695. The molecule has 0 spiro atoms. The minimum atomic E-state index is 0.0106. The van der Waals surface area contributed by atoms with Gasteiger partial charge in [0.25, 0.3) is 5.91 Å². The van der Waals surface area contributed by atoms with E-state index >= 15 is 0 Å². The summed E-state index contributed by atoms with van der Waals surface area (Å²) in [5.41, 5.74) is 3.08. The van der Waals surface area contributed by atoms with E-state index in [0.717, 1.165) is 36.8 Å². The van der Waals surface area contributed by atoms with E-state index < -0.39 is 0 Å². The first kappa shape index (κ1) is 16.4. The van der Waals surface area contributed by atoms with Crippen molar-refractivity contribution in [2.45, 2.75) is 51.7 Å². The summed E-state index contributed by atoms with van der Waals surface area (Å²) in [6.07, 6.45) is 8.70. The monoisotopic (exact) mass is 325 g/mol. The Hall–Kier alpha value is -2.43. The van der Waals surface area contributed by atoms with Crippen molar-refractivity contribution < 1.29 is 9.53 Å². The number of aryl methyl sites for hydroxylation is 2. The van der Waals surface area contributed by atoms with Crippen LogP contribution in [0.1, 0.15) is 47.2 Å². The lowest BCUT2D eigenvalue weighted by atomic mass is 9.92. The lowest BCUT2D eigenvalue weighted by molar-refractivity contribution is 0.0889. The molecule has 1 saturated carbocycles. The number of rotatable bonds is 4. The fourth-order valence-electron chi connectivity index (χ4n) is 2.99. The van der Waals surface area contributed by atoms with Crippen LogP contribution in [0.15, 0.2) is 36.8 Å². The Morgan fingerprint density at radius 1 is 1.12 bits per heavy atom. The van der Waals surface area contributed by atoms with Gasteiger partial charge in [-0.3, -0.25) is 9.78 Å². The van der Waals surface area contributed by atoms with Crippen LogP contribution in [0, 0.1) is 13.8 Å². The van der Waals surface area contributed by atoms with Gasteiger partial charge in [-0.1, -0.05) is 6.07 Å². The molecule has 1 aliphatic rings. The topological polar surface area (TPSA) is 64.1 Å². The lowest BCUT2D eigenvalue weighted by Crippen LogP contribution is -2.39. The molecule has 1 N–H and O–H groups in total. The van der Waals surface area contributed by atoms with Crippen molar-refractivity contribution in [3.8, 4) is 5.88 Å². The van der Waals surface area contributed by atoms with E-state index in [1.165, 1.54) is 5.56 Å². The molecule has 1 amide bonds. The first-order chi connectivity index (χ1) is 11.6. The van der Waals surface area contributed by atoms with Crippen LogP contribution in [0.25, 0.3) is 0 Å². The maximum atomic E-state index is 12.4. The van der Waals surface area contributed by atoms with E-state index in [1.807, 2.05) is 25.1 Å². The van der Waals surface area contributed by atoms with E-state index in [2.05, 4.69) is 22.2 Å². The number of aromatic nitrogens is 2. The number of hydrogen-bond acceptors (Lipinski definition) is 4. The van der Waals surface area contributed by atoms with Gasteiger partial charge in [-0.25, -0.2) is 4.98 Å². The molecule has 1 heterocycles. The number of nitrogens with one attached hydrogen (secondary N) is 1. The third-order valence-electron chi connectivity index (χ3n) is 4.61. The van der Waals surface area contributed by atoms with Crippen LogP contribution < -0.4 is 10.1 Å². The number of hydrogen-bond donors (Lipinski definition) is 1. The molecule has 5 heteroatoms. The van der Waals surface area contributed by atoms with Crippen molar-refractivity contribution in [1.29, 1.82) is 0 Å². The second-order valence-corrected chi connectivity index (χ2v) is 6.41. The van der Waals surface area contributed by atoms with Crippen LogP contribution in [0.2, 0.25) is 0 Å². The minimum Gasteiger partial charge on any atom is -0.473 e. The van der Waals surface area contributed by atoms with E-state index in [4.69, 9.17) is 4.74 Å². The number of nitrogens with zero attached hydrogens (tertiary/aromatic N) is 2. The molecule has 1 fully saturated rings. The largest absolute Gasteiger partial charge is 0.473 e. The van der Waals surface area contributed by atoms with Gasteiger partial charge in [-0.05, 0) is 62.8 Å². The predicted molar refractivity (Wildman–Crippen MR) is 92.1 cm³/mol. The van der Waals surface area contributed by atoms with Crippen molar-refractivity contribution >= 4 is 5.91 Å². The van der Waals surface area contributed by atoms with Crippen molar-refractivity contribution in [3.05, 3.63) is 53.5 Å². The Morgan fingerprint density at radius 3 is 2.58 bits per heavy atom. The van der Waals surface area contributed by atoms with Crippen LogP contribution >= 0.6 is 0 Å². The van der Waals surface area contributed by atoms with Crippen molar-refractivity contribution in [2.75, 3.05) is 0 Å². The third-order valence-corrected chi connectivity index (χ3v) is 4.61. The van der Waals surface area contributed by atoms with Gasteiger partial charge < -0.3 is 10.1 Å². The number of benzene rings is 1. The summed E-state index contributed by atoms with van der Waals surface area (Å²) in [5, 5.41) is 3.14. The number of ether oxygens (including phenoxy) is 1. The molecule has 0 saturated heterocycles. The Kier molecular flexibility index (Phi) is 5.08. The summed E-state index contributed by atoms with van der Waals surface area (Å²) in [6.45, 7) is 4.08. The van der Waals surface area contributed by atoms with Crippen LogP contribution in [0.4, 0.5) is 0 Å². The quantitative estimate of drug-likeness (QED) is 0.937. The molecule has 126 valence electrons. The maximum absolute atomic E-state index is 12.4. The smallest absolute Gasteiger partial charge is 0.251 e. The van der Waals surface area contributed by atoms with Gasteiger partial charge in [0.1, 0.15) is 6.10 Å². The molecule has 0 aliphatic heterocycles. The summed E-state index contributed by atoms with van der Waals surface area (Å²) >= 11 is 0. The summed E-state index contributed by atoms with van der Waals surface area (Å²) in [6, 6.07) is 6.05. The fourth-order valence-corrected chi connectivity index (χ4v) is 2.99. The average Bonchev–Trinajstić information content (AvgIpc) is 2.60. The highest BCUT2D eigenvalue weighted by atomic mass is 16.5. The molecule has 1 aromatic carbocycles. The summed E-state index contributed by atoms with van der Waals surface area (Å²) < 4.78 is 5.84. The van der Waals surface area contributed by atoms with E-state index in [9.17, 15) is 4.79 Å². The van der Waals surface area contributed by atoms with Gasteiger partial charge in [0.15, 0.2) is 0 Å². The standard InChI is InChI=1S/C19H23N3O2/c1-13-3-4-15(11-14(13)2)19(23)22-16-5-7-17(8-6-16)24-18-12-20-9-10-21-18/h3-4,9-12,16-17H,5-8H2,1-2H3,(H,22,23). The molecule has 0 atom stereocenters. The SMILES string of the molecule is Cc1ccc(C(=O)NC2CCC(Oc3cnccn3)CC2)cc1C.